The van der Waals surface area contributed by atoms with Crippen molar-refractivity contribution in [1.29, 1.82) is 0 Å². The molecular weight excluding hydrogens is 395 g/mol. The molecule has 0 aromatic heterocycles. The van der Waals surface area contributed by atoms with Crippen LogP contribution in [0.4, 0.5) is 10.5 Å². The smallest absolute Gasteiger partial charge is 0.444 e. The van der Waals surface area contributed by atoms with Crippen molar-refractivity contribution in [3.05, 3.63) is 41.4 Å². The zero-order valence-corrected chi connectivity index (χ0v) is 19.6. The van der Waals surface area contributed by atoms with E-state index in [9.17, 15) is 9.59 Å². The lowest BCUT2D eigenvalue weighted by Crippen LogP contribution is -2.41. The maximum atomic E-state index is 12.9. The fraction of sp³-hybridized carbons (Fsp3) is 0.565. The second kappa shape index (κ2) is 8.32. The van der Waals surface area contributed by atoms with Gasteiger partial charge in [-0.05, 0) is 84.6 Å². The zero-order valence-electron chi connectivity index (χ0n) is 19.6. The maximum Gasteiger partial charge on any atom is 0.490 e. The molecule has 0 bridgehead atoms. The number of hydrogen-bond donors (Lipinski definition) is 1. The van der Waals surface area contributed by atoms with E-state index in [1.54, 1.807) is 49.9 Å². The highest BCUT2D eigenvalue weighted by atomic mass is 16.7. The van der Waals surface area contributed by atoms with Crippen molar-refractivity contribution in [3.63, 3.8) is 0 Å². The van der Waals surface area contributed by atoms with Crippen LogP contribution in [0.1, 0.15) is 65.2 Å². The fourth-order valence-corrected chi connectivity index (χ4v) is 3.38. The maximum absolute atomic E-state index is 12.9. The van der Waals surface area contributed by atoms with Crippen LogP contribution >= 0.6 is 0 Å². The predicted molar refractivity (Wildman–Crippen MR) is 121 cm³/mol. The lowest BCUT2D eigenvalue weighted by atomic mass is 9.74. The lowest BCUT2D eigenvalue weighted by molar-refractivity contribution is 0.00578. The number of carbonyl (C=O) groups is 2. The third-order valence-electron chi connectivity index (χ3n) is 5.86. The first-order valence-corrected chi connectivity index (χ1v) is 10.7. The standard InChI is InChI=1S/C23H33BN2O5/c1-21(2,3)29-20(28)25-18-10-8-16(9-11-18)19(27)26-14-12-17(13-15-26)24-30-22(4,5)23(6,7)31-24/h8-12H,13-15H2,1-7H3,(H,25,28). The van der Waals surface area contributed by atoms with Gasteiger partial charge in [-0.2, -0.15) is 0 Å². The summed E-state index contributed by atoms with van der Waals surface area (Å²) in [5.74, 6) is -0.0481. The van der Waals surface area contributed by atoms with Crippen molar-refractivity contribution >= 4 is 24.8 Å². The molecular formula is C23H33BN2O5. The van der Waals surface area contributed by atoms with Gasteiger partial charge in [0.2, 0.25) is 0 Å². The zero-order chi connectivity index (χ0) is 23.0. The third kappa shape index (κ3) is 5.49. The van der Waals surface area contributed by atoms with E-state index in [-0.39, 0.29) is 24.2 Å². The van der Waals surface area contributed by atoms with E-state index in [1.165, 1.54) is 0 Å². The van der Waals surface area contributed by atoms with E-state index >= 15 is 0 Å². The molecule has 0 spiro atoms. The minimum Gasteiger partial charge on any atom is -0.444 e. The summed E-state index contributed by atoms with van der Waals surface area (Å²) in [5.41, 5.74) is 0.913. The van der Waals surface area contributed by atoms with Gasteiger partial charge in [-0.25, -0.2) is 4.79 Å². The third-order valence-corrected chi connectivity index (χ3v) is 5.86. The summed E-state index contributed by atoms with van der Waals surface area (Å²) in [6, 6.07) is 6.82. The van der Waals surface area contributed by atoms with Gasteiger partial charge in [-0.15, -0.1) is 0 Å². The highest BCUT2D eigenvalue weighted by Crippen LogP contribution is 2.39. The Morgan fingerprint density at radius 2 is 1.65 bits per heavy atom. The van der Waals surface area contributed by atoms with Crippen LogP contribution in [-0.2, 0) is 14.0 Å². The normalized spacial score (nSPS) is 20.3. The predicted octanol–water partition coefficient (Wildman–Crippen LogP) is 4.44. The molecule has 1 aromatic carbocycles. The molecule has 1 saturated heterocycles. The fourth-order valence-electron chi connectivity index (χ4n) is 3.38. The molecule has 7 nitrogen and oxygen atoms in total. The van der Waals surface area contributed by atoms with Gasteiger partial charge in [-0.1, -0.05) is 6.08 Å². The molecule has 0 radical (unpaired) electrons. The van der Waals surface area contributed by atoms with Gasteiger partial charge in [0.25, 0.3) is 5.91 Å². The van der Waals surface area contributed by atoms with Gasteiger partial charge in [0, 0.05) is 24.3 Å². The number of hydrogen-bond acceptors (Lipinski definition) is 5. The molecule has 1 aromatic rings. The summed E-state index contributed by atoms with van der Waals surface area (Å²) in [5, 5.41) is 2.67. The molecule has 2 heterocycles. The van der Waals surface area contributed by atoms with Gasteiger partial charge in [0.05, 0.1) is 11.2 Å². The molecule has 3 rings (SSSR count). The van der Waals surface area contributed by atoms with Crippen molar-refractivity contribution in [2.45, 2.75) is 71.7 Å². The van der Waals surface area contributed by atoms with Crippen molar-refractivity contribution in [2.24, 2.45) is 0 Å². The molecule has 0 saturated carbocycles. The van der Waals surface area contributed by atoms with Gasteiger partial charge >= 0.3 is 13.2 Å². The van der Waals surface area contributed by atoms with Crippen LogP contribution in [0.3, 0.4) is 0 Å². The molecule has 2 aliphatic rings. The number of ether oxygens (including phenoxy) is 1. The van der Waals surface area contributed by atoms with Crippen LogP contribution < -0.4 is 5.32 Å². The number of nitrogens with zero attached hydrogens (tertiary/aromatic N) is 1. The number of amides is 2. The van der Waals surface area contributed by atoms with Crippen molar-refractivity contribution in [2.75, 3.05) is 18.4 Å². The summed E-state index contributed by atoms with van der Waals surface area (Å²) >= 11 is 0. The van der Waals surface area contributed by atoms with Crippen molar-refractivity contribution in [1.82, 2.24) is 4.90 Å². The second-order valence-corrected chi connectivity index (χ2v) is 10.1. The first-order valence-electron chi connectivity index (χ1n) is 10.7. The number of rotatable bonds is 3. The van der Waals surface area contributed by atoms with E-state index in [4.69, 9.17) is 14.0 Å². The van der Waals surface area contributed by atoms with Gasteiger partial charge in [-0.3, -0.25) is 10.1 Å². The van der Waals surface area contributed by atoms with Crippen molar-refractivity contribution in [3.8, 4) is 0 Å². The van der Waals surface area contributed by atoms with E-state index in [0.29, 0.717) is 30.8 Å². The Hall–Kier alpha value is -2.32. The van der Waals surface area contributed by atoms with Crippen LogP contribution in [0.2, 0.25) is 0 Å². The van der Waals surface area contributed by atoms with Gasteiger partial charge in [0.1, 0.15) is 5.60 Å². The second-order valence-electron chi connectivity index (χ2n) is 10.1. The molecule has 2 amide bonds. The molecule has 0 atom stereocenters. The topological polar surface area (TPSA) is 77.1 Å². The van der Waals surface area contributed by atoms with E-state index in [0.717, 1.165) is 5.47 Å². The van der Waals surface area contributed by atoms with Gasteiger partial charge < -0.3 is 18.9 Å². The van der Waals surface area contributed by atoms with Crippen LogP contribution in [-0.4, -0.2) is 53.9 Å². The average molecular weight is 428 g/mol. The Morgan fingerprint density at radius 1 is 1.06 bits per heavy atom. The minimum atomic E-state index is -0.569. The molecule has 2 aliphatic heterocycles. The van der Waals surface area contributed by atoms with Crippen LogP contribution in [0.15, 0.2) is 35.8 Å². The lowest BCUT2D eigenvalue weighted by Gasteiger charge is -2.32. The monoisotopic (exact) mass is 428 g/mol. The molecule has 8 heteroatoms. The first kappa shape index (κ1) is 23.4. The number of benzene rings is 1. The summed E-state index contributed by atoms with van der Waals surface area (Å²) < 4.78 is 17.5. The quantitative estimate of drug-likeness (QED) is 0.721. The summed E-state index contributed by atoms with van der Waals surface area (Å²) in [7, 11) is -0.361. The van der Waals surface area contributed by atoms with Crippen LogP contribution in [0.5, 0.6) is 0 Å². The van der Waals surface area contributed by atoms with E-state index in [2.05, 4.69) is 5.32 Å². The minimum absolute atomic E-state index is 0.0481. The van der Waals surface area contributed by atoms with Crippen LogP contribution in [0.25, 0.3) is 0 Å². The summed E-state index contributed by atoms with van der Waals surface area (Å²) in [4.78, 5) is 26.6. The highest BCUT2D eigenvalue weighted by molar-refractivity contribution is 6.54. The Labute approximate surface area is 185 Å². The number of carbonyl (C=O) groups excluding carboxylic acids is 2. The molecule has 0 aliphatic carbocycles. The number of nitrogens with one attached hydrogen (secondary N) is 1. The molecule has 168 valence electrons. The Balaban J connectivity index is 1.58. The summed E-state index contributed by atoms with van der Waals surface area (Å²) in [6.07, 6.45) is 2.21. The number of anilines is 1. The van der Waals surface area contributed by atoms with Gasteiger partial charge in [0.15, 0.2) is 0 Å². The average Bonchev–Trinajstić information content (AvgIpc) is 2.88. The Bertz CT molecular complexity index is 855. The molecule has 1 fully saturated rings. The first-order chi connectivity index (χ1) is 14.3. The summed E-state index contributed by atoms with van der Waals surface area (Å²) in [6.45, 7) is 14.7. The molecule has 0 unspecified atom stereocenters. The van der Waals surface area contributed by atoms with Crippen molar-refractivity contribution < 1.29 is 23.6 Å². The highest BCUT2D eigenvalue weighted by Gasteiger charge is 2.52. The van der Waals surface area contributed by atoms with E-state index in [1.807, 2.05) is 33.8 Å². The Morgan fingerprint density at radius 3 is 2.13 bits per heavy atom. The van der Waals surface area contributed by atoms with E-state index < -0.39 is 11.7 Å². The Kier molecular flexibility index (Phi) is 6.26. The van der Waals surface area contributed by atoms with Crippen LogP contribution in [0, 0.1) is 0 Å². The molecule has 1 N–H and O–H groups in total. The SMILES string of the molecule is CC(C)(C)OC(=O)Nc1ccc(C(=O)N2CC=C(B3OC(C)(C)C(C)(C)O3)CC2)cc1. The largest absolute Gasteiger partial charge is 0.490 e. The molecule has 31 heavy (non-hydrogen) atoms.